The Morgan fingerprint density at radius 3 is 2.46 bits per heavy atom. The van der Waals surface area contributed by atoms with E-state index in [9.17, 15) is 19.8 Å². The second-order valence-electron chi connectivity index (χ2n) is 9.09. The van der Waals surface area contributed by atoms with E-state index in [1.165, 1.54) is 6.26 Å². The standard InChI is InChI=1S/C20H20O8/c1-4-7-8-9(13(23)16-15(27-16)12(8)22)19(26-4)20-6(3-25-5(2)10(7)20)11(21)14-17(28-14)18(20)24/h3-5,7,10-11,13-17,19,21,23H,1-2H3/t4-,5-,7-,10+,11-,13-,14+,15-,16+,17+,19-,20+/m1/s1. The zero-order valence-electron chi connectivity index (χ0n) is 15.3. The maximum atomic E-state index is 13.7. The van der Waals surface area contributed by atoms with Crippen LogP contribution < -0.4 is 0 Å². The van der Waals surface area contributed by atoms with Gasteiger partial charge in [0.05, 0.1) is 30.0 Å². The van der Waals surface area contributed by atoms with Crippen LogP contribution in [0.15, 0.2) is 23.0 Å². The zero-order valence-corrected chi connectivity index (χ0v) is 15.3. The molecule has 0 aromatic carbocycles. The number of aliphatic hydroxyl groups is 2. The third-order valence-electron chi connectivity index (χ3n) is 8.00. The van der Waals surface area contributed by atoms with Crippen molar-refractivity contribution in [3.8, 4) is 0 Å². The van der Waals surface area contributed by atoms with Gasteiger partial charge in [-0.05, 0) is 19.4 Å². The number of hydrogen-bond donors (Lipinski definition) is 2. The second kappa shape index (κ2) is 4.60. The van der Waals surface area contributed by atoms with Crippen LogP contribution in [0.4, 0.5) is 0 Å². The molecule has 2 bridgehead atoms. The zero-order chi connectivity index (χ0) is 19.3. The summed E-state index contributed by atoms with van der Waals surface area (Å²) in [7, 11) is 0. The average Bonchev–Trinajstić information content (AvgIpc) is 3.57. The van der Waals surface area contributed by atoms with Crippen molar-refractivity contribution in [2.75, 3.05) is 0 Å². The Labute approximate surface area is 160 Å². The van der Waals surface area contributed by atoms with Gasteiger partial charge in [0.1, 0.15) is 36.6 Å². The highest BCUT2D eigenvalue weighted by Crippen LogP contribution is 2.67. The Balaban J connectivity index is 1.52. The van der Waals surface area contributed by atoms with Crippen LogP contribution in [0.3, 0.4) is 0 Å². The Morgan fingerprint density at radius 2 is 1.68 bits per heavy atom. The summed E-state index contributed by atoms with van der Waals surface area (Å²) in [5.74, 6) is -1.05. The molecular formula is C20H20O8. The van der Waals surface area contributed by atoms with Crippen LogP contribution in [0.5, 0.6) is 0 Å². The number of rotatable bonds is 0. The number of ether oxygens (including phenoxy) is 4. The van der Waals surface area contributed by atoms with E-state index in [1.54, 1.807) is 0 Å². The van der Waals surface area contributed by atoms with Crippen LogP contribution in [0.25, 0.3) is 0 Å². The molecule has 148 valence electrons. The van der Waals surface area contributed by atoms with Crippen molar-refractivity contribution in [3.63, 3.8) is 0 Å². The molecule has 5 heterocycles. The first-order chi connectivity index (χ1) is 13.4. The van der Waals surface area contributed by atoms with Crippen LogP contribution >= 0.6 is 0 Å². The number of carbonyl (C=O) groups excluding carboxylic acids is 2. The number of carbonyl (C=O) groups is 2. The molecule has 3 saturated heterocycles. The average molecular weight is 388 g/mol. The van der Waals surface area contributed by atoms with Crippen molar-refractivity contribution in [2.45, 2.75) is 68.8 Å². The van der Waals surface area contributed by atoms with Gasteiger partial charge in [0.2, 0.25) is 0 Å². The first-order valence-corrected chi connectivity index (χ1v) is 9.90. The number of epoxide rings is 2. The summed E-state index contributed by atoms with van der Waals surface area (Å²) in [6, 6.07) is 0. The second-order valence-corrected chi connectivity index (χ2v) is 9.09. The molecule has 8 aliphatic rings. The normalized spacial score (nSPS) is 60.0. The fraction of sp³-hybridized carbons (Fsp3) is 0.700. The van der Waals surface area contributed by atoms with Gasteiger partial charge >= 0.3 is 0 Å². The molecule has 0 aromatic heterocycles. The van der Waals surface area contributed by atoms with Gasteiger partial charge in [-0.25, -0.2) is 0 Å². The summed E-state index contributed by atoms with van der Waals surface area (Å²) < 4.78 is 23.1. The monoisotopic (exact) mass is 388 g/mol. The predicted molar refractivity (Wildman–Crippen MR) is 88.8 cm³/mol. The van der Waals surface area contributed by atoms with Gasteiger partial charge in [-0.1, -0.05) is 0 Å². The lowest BCUT2D eigenvalue weighted by Crippen LogP contribution is -2.72. The lowest BCUT2D eigenvalue weighted by molar-refractivity contribution is -0.210. The maximum absolute atomic E-state index is 13.7. The molecule has 12 atom stereocenters. The lowest BCUT2D eigenvalue weighted by Gasteiger charge is -2.63. The van der Waals surface area contributed by atoms with Crippen LogP contribution in [0, 0.1) is 17.3 Å². The molecule has 1 saturated carbocycles. The molecular weight excluding hydrogens is 368 g/mol. The molecule has 0 amide bonds. The summed E-state index contributed by atoms with van der Waals surface area (Å²) >= 11 is 0. The molecule has 28 heavy (non-hydrogen) atoms. The smallest absolute Gasteiger partial charge is 0.190 e. The summed E-state index contributed by atoms with van der Waals surface area (Å²) in [5.41, 5.74) is 0.269. The molecule has 8 heteroatoms. The van der Waals surface area contributed by atoms with E-state index in [0.29, 0.717) is 16.7 Å². The molecule has 5 aliphatic heterocycles. The number of Topliss-reactive ketones (excluding diaryl/α,β-unsaturated/α-hetero) is 2. The van der Waals surface area contributed by atoms with Crippen molar-refractivity contribution < 1.29 is 38.7 Å². The minimum Gasteiger partial charge on any atom is -0.498 e. The molecule has 1 spiro atoms. The van der Waals surface area contributed by atoms with Crippen LogP contribution in [-0.4, -0.2) is 76.7 Å². The van der Waals surface area contributed by atoms with Crippen LogP contribution in [0.1, 0.15) is 13.8 Å². The number of ketones is 2. The molecule has 8 rings (SSSR count). The highest BCUT2D eigenvalue weighted by molar-refractivity contribution is 6.06. The van der Waals surface area contributed by atoms with E-state index >= 15 is 0 Å². The Bertz CT molecular complexity index is 921. The molecule has 0 radical (unpaired) electrons. The van der Waals surface area contributed by atoms with Crippen LogP contribution in [0.2, 0.25) is 0 Å². The molecule has 2 N–H and O–H groups in total. The summed E-state index contributed by atoms with van der Waals surface area (Å²) in [5, 5.41) is 21.8. The van der Waals surface area contributed by atoms with Gasteiger partial charge in [-0.3, -0.25) is 9.59 Å². The van der Waals surface area contributed by atoms with Gasteiger partial charge in [-0.2, -0.15) is 0 Å². The van der Waals surface area contributed by atoms with Crippen molar-refractivity contribution in [2.24, 2.45) is 17.3 Å². The predicted octanol–water partition coefficient (Wildman–Crippen LogP) is -0.973. The van der Waals surface area contributed by atoms with E-state index in [4.69, 9.17) is 18.9 Å². The molecule has 0 aromatic rings. The van der Waals surface area contributed by atoms with E-state index in [1.807, 2.05) is 13.8 Å². The third kappa shape index (κ3) is 1.47. The van der Waals surface area contributed by atoms with E-state index in [2.05, 4.69) is 0 Å². The van der Waals surface area contributed by atoms with Gasteiger partial charge < -0.3 is 29.2 Å². The first-order valence-electron chi connectivity index (χ1n) is 9.90. The number of fused-ring (bicyclic) bond motifs is 3. The Kier molecular flexibility index (Phi) is 2.67. The van der Waals surface area contributed by atoms with E-state index < -0.39 is 54.1 Å². The molecule has 8 nitrogen and oxygen atoms in total. The fourth-order valence-corrected chi connectivity index (χ4v) is 6.86. The summed E-state index contributed by atoms with van der Waals surface area (Å²) in [6.45, 7) is 3.77. The lowest BCUT2D eigenvalue weighted by atomic mass is 9.45. The highest BCUT2D eigenvalue weighted by Gasteiger charge is 2.78. The largest absolute Gasteiger partial charge is 0.498 e. The quantitative estimate of drug-likeness (QED) is 0.509. The van der Waals surface area contributed by atoms with E-state index in [-0.39, 0.29) is 29.7 Å². The van der Waals surface area contributed by atoms with Gasteiger partial charge in [0.25, 0.3) is 0 Å². The Morgan fingerprint density at radius 1 is 0.964 bits per heavy atom. The molecule has 0 unspecified atom stereocenters. The topological polar surface area (TPSA) is 118 Å². The van der Waals surface area contributed by atoms with Crippen molar-refractivity contribution in [1.82, 2.24) is 0 Å². The van der Waals surface area contributed by atoms with Crippen molar-refractivity contribution in [3.05, 3.63) is 23.0 Å². The minimum absolute atomic E-state index is 0.113. The molecule has 4 fully saturated rings. The Hall–Kier alpha value is -1.58. The van der Waals surface area contributed by atoms with Gasteiger partial charge in [0.15, 0.2) is 11.6 Å². The summed E-state index contributed by atoms with van der Waals surface area (Å²) in [6.07, 6.45) is -4.40. The SMILES string of the molecule is C[C@H]1O[C@@H]2C3=C(C(=O)[C@H]4O[C@H]4[C@@H]3O)[C@@H]1[C@@H]1[C@@H](C)OC=C3[C@@H](O)[C@@H]4O[C@@H]4C(=O)[C@]312. The van der Waals surface area contributed by atoms with E-state index in [0.717, 1.165) is 0 Å². The van der Waals surface area contributed by atoms with Gasteiger partial charge in [0, 0.05) is 23.0 Å². The van der Waals surface area contributed by atoms with Crippen molar-refractivity contribution >= 4 is 11.6 Å². The number of hydrogen-bond acceptors (Lipinski definition) is 8. The fourth-order valence-electron chi connectivity index (χ4n) is 6.86. The maximum Gasteiger partial charge on any atom is 0.190 e. The molecule has 3 aliphatic carbocycles. The highest BCUT2D eigenvalue weighted by atomic mass is 16.6. The third-order valence-corrected chi connectivity index (χ3v) is 8.00. The van der Waals surface area contributed by atoms with Crippen LogP contribution in [-0.2, 0) is 28.5 Å². The summed E-state index contributed by atoms with van der Waals surface area (Å²) in [4.78, 5) is 26.7. The first kappa shape index (κ1) is 16.2. The van der Waals surface area contributed by atoms with Crippen molar-refractivity contribution in [1.29, 1.82) is 0 Å². The van der Waals surface area contributed by atoms with Gasteiger partial charge in [-0.15, -0.1) is 0 Å². The number of aliphatic hydroxyl groups excluding tert-OH is 2. The minimum atomic E-state index is -1.19.